The summed E-state index contributed by atoms with van der Waals surface area (Å²) in [5.41, 5.74) is 0.958. The molecule has 0 aliphatic heterocycles. The van der Waals surface area contributed by atoms with Crippen LogP contribution in [0.1, 0.15) is 11.1 Å². The number of benzene rings is 2. The minimum absolute atomic E-state index is 0.198. The van der Waals surface area contributed by atoms with Gasteiger partial charge in [-0.15, -0.1) is 0 Å². The lowest BCUT2D eigenvalue weighted by Gasteiger charge is -2.15. The van der Waals surface area contributed by atoms with Crippen LogP contribution < -0.4 is 34.6 Å². The zero-order chi connectivity index (χ0) is 23.4. The highest BCUT2D eigenvalue weighted by Crippen LogP contribution is 2.40. The molecule has 1 aromatic heterocycles. The molecule has 32 heavy (non-hydrogen) atoms. The Bertz CT molecular complexity index is 1190. The van der Waals surface area contributed by atoms with Crippen LogP contribution in [0.5, 0.6) is 28.7 Å². The lowest BCUT2D eigenvalue weighted by atomic mass is 10.0. The van der Waals surface area contributed by atoms with Crippen LogP contribution in [0.3, 0.4) is 0 Å². The Morgan fingerprint density at radius 3 is 2.03 bits per heavy atom. The van der Waals surface area contributed by atoms with E-state index in [1.165, 1.54) is 35.5 Å². The Morgan fingerprint density at radius 1 is 0.875 bits per heavy atom. The standard InChI is InChI=1S/C23H25NO8/c1-12-15(23(26)32-17-10-14(27-2)9-16(28-3)21(12)17)11-20(25)24-13-7-18(29-4)22(31-6)19(8-13)30-5/h7-10H,11H2,1-6H3,(H,24,25). The molecule has 2 aromatic carbocycles. The van der Waals surface area contributed by atoms with Gasteiger partial charge in [0.2, 0.25) is 11.7 Å². The first-order valence-corrected chi connectivity index (χ1v) is 9.64. The summed E-state index contributed by atoms with van der Waals surface area (Å²) in [6.07, 6.45) is -0.198. The number of ether oxygens (including phenoxy) is 5. The number of methoxy groups -OCH3 is 5. The number of aryl methyl sites for hydroxylation is 1. The highest BCUT2D eigenvalue weighted by atomic mass is 16.5. The molecule has 1 amide bonds. The van der Waals surface area contributed by atoms with Crippen molar-refractivity contribution in [1.29, 1.82) is 0 Å². The van der Waals surface area contributed by atoms with E-state index in [1.807, 2.05) is 0 Å². The van der Waals surface area contributed by atoms with E-state index in [-0.39, 0.29) is 12.0 Å². The summed E-state index contributed by atoms with van der Waals surface area (Å²) >= 11 is 0. The van der Waals surface area contributed by atoms with Crippen molar-refractivity contribution in [2.75, 3.05) is 40.9 Å². The molecule has 0 fully saturated rings. The van der Waals surface area contributed by atoms with Crippen LogP contribution in [0.25, 0.3) is 11.0 Å². The smallest absolute Gasteiger partial charge is 0.340 e. The summed E-state index contributed by atoms with van der Waals surface area (Å²) in [4.78, 5) is 25.4. The molecule has 9 nitrogen and oxygen atoms in total. The number of hydrogen-bond acceptors (Lipinski definition) is 8. The van der Waals surface area contributed by atoms with Crippen LogP contribution in [0.15, 0.2) is 33.5 Å². The summed E-state index contributed by atoms with van der Waals surface area (Å²) in [5, 5.41) is 3.35. The van der Waals surface area contributed by atoms with Crippen molar-refractivity contribution in [3.8, 4) is 28.7 Å². The fourth-order valence-electron chi connectivity index (χ4n) is 3.48. The second-order valence-electron chi connectivity index (χ2n) is 6.83. The zero-order valence-corrected chi connectivity index (χ0v) is 18.8. The van der Waals surface area contributed by atoms with Crippen LogP contribution in [-0.2, 0) is 11.2 Å². The Labute approximate surface area is 184 Å². The first kappa shape index (κ1) is 22.8. The topological polar surface area (TPSA) is 105 Å². The van der Waals surface area contributed by atoms with Crippen molar-refractivity contribution in [1.82, 2.24) is 0 Å². The van der Waals surface area contributed by atoms with Crippen molar-refractivity contribution in [3.05, 3.63) is 45.8 Å². The number of anilines is 1. The van der Waals surface area contributed by atoms with Gasteiger partial charge in [0.1, 0.15) is 17.1 Å². The lowest BCUT2D eigenvalue weighted by molar-refractivity contribution is -0.115. The van der Waals surface area contributed by atoms with Crippen molar-refractivity contribution in [2.24, 2.45) is 0 Å². The molecule has 0 saturated heterocycles. The number of amides is 1. The number of fused-ring (bicyclic) bond motifs is 1. The minimum atomic E-state index is -0.606. The molecule has 3 rings (SSSR count). The molecule has 9 heteroatoms. The van der Waals surface area contributed by atoms with Crippen LogP contribution in [-0.4, -0.2) is 41.5 Å². The molecule has 0 aliphatic carbocycles. The molecule has 0 bridgehead atoms. The first-order valence-electron chi connectivity index (χ1n) is 9.64. The summed E-state index contributed by atoms with van der Waals surface area (Å²) < 4.78 is 32.0. The van der Waals surface area contributed by atoms with Crippen LogP contribution in [0.4, 0.5) is 5.69 Å². The van der Waals surface area contributed by atoms with E-state index in [2.05, 4.69) is 5.32 Å². The van der Waals surface area contributed by atoms with Gasteiger partial charge in [0.25, 0.3) is 0 Å². The van der Waals surface area contributed by atoms with Gasteiger partial charge in [0.05, 0.1) is 52.9 Å². The molecule has 0 spiro atoms. The monoisotopic (exact) mass is 443 g/mol. The van der Waals surface area contributed by atoms with Crippen molar-refractivity contribution in [3.63, 3.8) is 0 Å². The van der Waals surface area contributed by atoms with Gasteiger partial charge >= 0.3 is 5.63 Å². The molecule has 0 unspecified atom stereocenters. The fraction of sp³-hybridized carbons (Fsp3) is 0.304. The average Bonchev–Trinajstić information content (AvgIpc) is 2.79. The van der Waals surface area contributed by atoms with E-state index in [4.69, 9.17) is 28.1 Å². The molecule has 0 saturated carbocycles. The maximum atomic E-state index is 12.8. The maximum Gasteiger partial charge on any atom is 0.340 e. The van der Waals surface area contributed by atoms with Gasteiger partial charge in [0, 0.05) is 30.0 Å². The van der Waals surface area contributed by atoms with Gasteiger partial charge in [-0.05, 0) is 12.5 Å². The molecule has 1 heterocycles. The van der Waals surface area contributed by atoms with Gasteiger partial charge in [0.15, 0.2) is 11.5 Å². The predicted octanol–water partition coefficient (Wildman–Crippen LogP) is 3.33. The first-order chi connectivity index (χ1) is 15.4. The van der Waals surface area contributed by atoms with Gasteiger partial charge in [-0.3, -0.25) is 4.79 Å². The summed E-state index contributed by atoms with van der Waals surface area (Å²) in [6.45, 7) is 1.75. The second kappa shape index (κ2) is 9.51. The Kier molecular flexibility index (Phi) is 6.77. The largest absolute Gasteiger partial charge is 0.496 e. The number of hydrogen-bond donors (Lipinski definition) is 1. The molecular weight excluding hydrogens is 418 g/mol. The van der Waals surface area contributed by atoms with Crippen LogP contribution >= 0.6 is 0 Å². The SMILES string of the molecule is COc1cc(OC)c2c(C)c(CC(=O)Nc3cc(OC)c(OC)c(OC)c3)c(=O)oc2c1. The molecule has 0 atom stereocenters. The lowest BCUT2D eigenvalue weighted by Crippen LogP contribution is -2.21. The van der Waals surface area contributed by atoms with E-state index >= 15 is 0 Å². The molecule has 0 radical (unpaired) electrons. The number of carbonyl (C=O) groups is 1. The Morgan fingerprint density at radius 2 is 1.50 bits per heavy atom. The highest BCUT2D eigenvalue weighted by molar-refractivity contribution is 5.95. The predicted molar refractivity (Wildman–Crippen MR) is 119 cm³/mol. The zero-order valence-electron chi connectivity index (χ0n) is 18.8. The van der Waals surface area contributed by atoms with Crippen molar-refractivity contribution >= 4 is 22.6 Å². The highest BCUT2D eigenvalue weighted by Gasteiger charge is 2.20. The number of rotatable bonds is 8. The van der Waals surface area contributed by atoms with Gasteiger partial charge in [-0.25, -0.2) is 4.79 Å². The van der Waals surface area contributed by atoms with Crippen molar-refractivity contribution < 1.29 is 32.9 Å². The molecule has 0 aliphatic rings. The van der Waals surface area contributed by atoms with E-state index < -0.39 is 11.5 Å². The Hall–Kier alpha value is -3.88. The fourth-order valence-corrected chi connectivity index (χ4v) is 3.48. The minimum Gasteiger partial charge on any atom is -0.496 e. The Balaban J connectivity index is 1.96. The summed E-state index contributed by atoms with van der Waals surface area (Å²) in [7, 11) is 7.47. The molecular formula is C23H25NO8. The van der Waals surface area contributed by atoms with E-state index in [0.29, 0.717) is 51.0 Å². The quantitative estimate of drug-likeness (QED) is 0.529. The summed E-state index contributed by atoms with van der Waals surface area (Å²) in [6, 6.07) is 6.50. The van der Waals surface area contributed by atoms with Gasteiger partial charge < -0.3 is 33.4 Å². The third kappa shape index (κ3) is 4.27. The third-order valence-electron chi connectivity index (χ3n) is 5.06. The number of nitrogens with one attached hydrogen (secondary N) is 1. The second-order valence-corrected chi connectivity index (χ2v) is 6.83. The van der Waals surface area contributed by atoms with E-state index in [9.17, 15) is 9.59 Å². The van der Waals surface area contributed by atoms with Crippen LogP contribution in [0.2, 0.25) is 0 Å². The molecule has 1 N–H and O–H groups in total. The van der Waals surface area contributed by atoms with Crippen LogP contribution in [0, 0.1) is 6.92 Å². The van der Waals surface area contributed by atoms with Gasteiger partial charge in [-0.1, -0.05) is 0 Å². The van der Waals surface area contributed by atoms with Crippen molar-refractivity contribution in [2.45, 2.75) is 13.3 Å². The average molecular weight is 443 g/mol. The third-order valence-corrected chi connectivity index (χ3v) is 5.06. The molecule has 3 aromatic rings. The maximum absolute atomic E-state index is 12.8. The van der Waals surface area contributed by atoms with E-state index in [0.717, 1.165) is 0 Å². The normalized spacial score (nSPS) is 10.6. The van der Waals surface area contributed by atoms with E-state index in [1.54, 1.807) is 31.2 Å². The number of carbonyl (C=O) groups excluding carboxylic acids is 1. The molecule has 170 valence electrons. The summed E-state index contributed by atoms with van der Waals surface area (Å²) in [5.74, 6) is 1.74. The van der Waals surface area contributed by atoms with Gasteiger partial charge in [-0.2, -0.15) is 0 Å².